The lowest BCUT2D eigenvalue weighted by atomic mass is 9.86. The van der Waals surface area contributed by atoms with Crippen LogP contribution in [-0.4, -0.2) is 19.7 Å². The Morgan fingerprint density at radius 2 is 1.95 bits per heavy atom. The van der Waals surface area contributed by atoms with Gasteiger partial charge in [0.2, 0.25) is 0 Å². The highest BCUT2D eigenvalue weighted by atomic mass is 16.5. The molecular weight excluding hydrogens is 236 g/mol. The molecule has 106 valence electrons. The van der Waals surface area contributed by atoms with Gasteiger partial charge in [-0.2, -0.15) is 0 Å². The standard InChI is InChI=1S/C16H26N2O/c1-4-19-16-11-14(9-10-15(16)17)18(3)13-7-5-12(2)6-8-13/h9-13H,4-8,17H2,1-3H3. The Kier molecular flexibility index (Phi) is 4.56. The van der Waals surface area contributed by atoms with Crippen LogP contribution < -0.4 is 15.4 Å². The summed E-state index contributed by atoms with van der Waals surface area (Å²) in [5, 5.41) is 0. The molecule has 1 aliphatic carbocycles. The molecule has 1 fully saturated rings. The van der Waals surface area contributed by atoms with Crippen molar-refractivity contribution in [3.8, 4) is 5.75 Å². The van der Waals surface area contributed by atoms with Gasteiger partial charge in [-0.1, -0.05) is 6.92 Å². The largest absolute Gasteiger partial charge is 0.492 e. The Morgan fingerprint density at radius 3 is 2.58 bits per heavy atom. The third-order valence-corrected chi connectivity index (χ3v) is 4.24. The van der Waals surface area contributed by atoms with Crippen molar-refractivity contribution in [1.82, 2.24) is 0 Å². The van der Waals surface area contributed by atoms with Gasteiger partial charge < -0.3 is 15.4 Å². The van der Waals surface area contributed by atoms with E-state index < -0.39 is 0 Å². The maximum Gasteiger partial charge on any atom is 0.144 e. The Bertz CT molecular complexity index is 411. The minimum absolute atomic E-state index is 0.648. The van der Waals surface area contributed by atoms with Crippen LogP contribution in [0.5, 0.6) is 5.75 Å². The van der Waals surface area contributed by atoms with Gasteiger partial charge in [-0.25, -0.2) is 0 Å². The van der Waals surface area contributed by atoms with Gasteiger partial charge in [0.05, 0.1) is 12.3 Å². The lowest BCUT2D eigenvalue weighted by Gasteiger charge is -2.35. The summed E-state index contributed by atoms with van der Waals surface area (Å²) < 4.78 is 5.58. The predicted molar refractivity (Wildman–Crippen MR) is 81.8 cm³/mol. The van der Waals surface area contributed by atoms with E-state index in [1.165, 1.54) is 31.4 Å². The molecule has 3 heteroatoms. The summed E-state index contributed by atoms with van der Waals surface area (Å²) in [5.74, 6) is 1.69. The van der Waals surface area contributed by atoms with Crippen molar-refractivity contribution in [2.24, 2.45) is 5.92 Å². The van der Waals surface area contributed by atoms with Gasteiger partial charge in [0.15, 0.2) is 0 Å². The summed E-state index contributed by atoms with van der Waals surface area (Å²) >= 11 is 0. The molecule has 0 heterocycles. The van der Waals surface area contributed by atoms with E-state index in [9.17, 15) is 0 Å². The maximum atomic E-state index is 5.93. The van der Waals surface area contributed by atoms with Gasteiger partial charge in [-0.3, -0.25) is 0 Å². The molecule has 1 aromatic rings. The van der Waals surface area contributed by atoms with Crippen molar-refractivity contribution in [2.45, 2.75) is 45.6 Å². The first kappa shape index (κ1) is 14.0. The molecule has 0 aromatic heterocycles. The average Bonchev–Trinajstić information content (AvgIpc) is 2.41. The number of nitrogens with two attached hydrogens (primary N) is 1. The summed E-state index contributed by atoms with van der Waals surface area (Å²) in [6.07, 6.45) is 5.24. The molecule has 0 radical (unpaired) electrons. The topological polar surface area (TPSA) is 38.5 Å². The van der Waals surface area contributed by atoms with E-state index in [2.05, 4.69) is 31.0 Å². The summed E-state index contributed by atoms with van der Waals surface area (Å²) in [6, 6.07) is 6.75. The minimum atomic E-state index is 0.648. The number of nitrogen functional groups attached to an aromatic ring is 1. The molecule has 2 N–H and O–H groups in total. The molecule has 19 heavy (non-hydrogen) atoms. The fraction of sp³-hybridized carbons (Fsp3) is 0.625. The monoisotopic (exact) mass is 262 g/mol. The fourth-order valence-corrected chi connectivity index (χ4v) is 2.86. The SMILES string of the molecule is CCOc1cc(N(C)C2CCC(C)CC2)ccc1N. The van der Waals surface area contributed by atoms with Crippen molar-refractivity contribution in [3.05, 3.63) is 18.2 Å². The first-order valence-electron chi connectivity index (χ1n) is 7.37. The molecule has 0 unspecified atom stereocenters. The maximum absolute atomic E-state index is 5.93. The van der Waals surface area contributed by atoms with E-state index >= 15 is 0 Å². The number of nitrogens with zero attached hydrogens (tertiary/aromatic N) is 1. The van der Waals surface area contributed by atoms with Crippen molar-refractivity contribution < 1.29 is 4.74 Å². The summed E-state index contributed by atoms with van der Waals surface area (Å²) in [4.78, 5) is 2.38. The molecule has 0 atom stereocenters. The third-order valence-electron chi connectivity index (χ3n) is 4.24. The number of ether oxygens (including phenoxy) is 1. The van der Waals surface area contributed by atoms with Crippen LogP contribution in [0, 0.1) is 5.92 Å². The zero-order valence-electron chi connectivity index (χ0n) is 12.4. The smallest absolute Gasteiger partial charge is 0.144 e. The van der Waals surface area contributed by atoms with Gasteiger partial charge >= 0.3 is 0 Å². The zero-order valence-corrected chi connectivity index (χ0v) is 12.4. The molecule has 3 nitrogen and oxygen atoms in total. The van der Waals surface area contributed by atoms with Crippen LogP contribution in [0.1, 0.15) is 39.5 Å². The molecule has 1 aromatic carbocycles. The number of hydrogen-bond donors (Lipinski definition) is 1. The van der Waals surface area contributed by atoms with Crippen molar-refractivity contribution >= 4 is 11.4 Å². The third kappa shape index (κ3) is 3.34. The van der Waals surface area contributed by atoms with E-state index in [1.807, 2.05) is 13.0 Å². The fourth-order valence-electron chi connectivity index (χ4n) is 2.86. The quantitative estimate of drug-likeness (QED) is 0.841. The van der Waals surface area contributed by atoms with Crippen LogP contribution >= 0.6 is 0 Å². The Labute approximate surface area is 116 Å². The average molecular weight is 262 g/mol. The minimum Gasteiger partial charge on any atom is -0.492 e. The van der Waals surface area contributed by atoms with Gasteiger partial charge in [0.1, 0.15) is 5.75 Å². The molecule has 0 aliphatic heterocycles. The number of rotatable bonds is 4. The second-order valence-corrected chi connectivity index (χ2v) is 5.68. The Hall–Kier alpha value is -1.38. The first-order valence-corrected chi connectivity index (χ1v) is 7.37. The van der Waals surface area contributed by atoms with Crippen LogP contribution in [0.25, 0.3) is 0 Å². The summed E-state index contributed by atoms with van der Waals surface area (Å²) in [6.45, 7) is 4.99. The molecule has 0 saturated heterocycles. The molecule has 0 bridgehead atoms. The van der Waals surface area contributed by atoms with Crippen molar-refractivity contribution in [2.75, 3.05) is 24.3 Å². The first-order chi connectivity index (χ1) is 9.11. The zero-order chi connectivity index (χ0) is 13.8. The highest BCUT2D eigenvalue weighted by Crippen LogP contribution is 2.32. The number of benzene rings is 1. The second kappa shape index (κ2) is 6.18. The lowest BCUT2D eigenvalue weighted by Crippen LogP contribution is -2.34. The van der Waals surface area contributed by atoms with Gasteiger partial charge in [0.25, 0.3) is 0 Å². The Morgan fingerprint density at radius 1 is 1.26 bits per heavy atom. The predicted octanol–water partition coefficient (Wildman–Crippen LogP) is 3.68. The van der Waals surface area contributed by atoms with Gasteiger partial charge in [-0.15, -0.1) is 0 Å². The van der Waals surface area contributed by atoms with Crippen LogP contribution in [0.2, 0.25) is 0 Å². The molecule has 1 aliphatic rings. The van der Waals surface area contributed by atoms with E-state index in [-0.39, 0.29) is 0 Å². The summed E-state index contributed by atoms with van der Waals surface area (Å²) in [5.41, 5.74) is 7.85. The van der Waals surface area contributed by atoms with Crippen LogP contribution in [-0.2, 0) is 0 Å². The number of hydrogen-bond acceptors (Lipinski definition) is 3. The van der Waals surface area contributed by atoms with Gasteiger partial charge in [0, 0.05) is 24.8 Å². The van der Waals surface area contributed by atoms with Crippen LogP contribution in [0.15, 0.2) is 18.2 Å². The highest BCUT2D eigenvalue weighted by Gasteiger charge is 2.22. The van der Waals surface area contributed by atoms with Crippen molar-refractivity contribution in [1.29, 1.82) is 0 Å². The van der Waals surface area contributed by atoms with Crippen LogP contribution in [0.4, 0.5) is 11.4 Å². The summed E-state index contributed by atoms with van der Waals surface area (Å²) in [7, 11) is 2.18. The molecule has 0 spiro atoms. The Balaban J connectivity index is 2.10. The molecular formula is C16H26N2O. The molecule has 0 amide bonds. The normalized spacial score (nSPS) is 23.1. The van der Waals surface area contributed by atoms with E-state index in [0.29, 0.717) is 12.6 Å². The molecule has 1 saturated carbocycles. The van der Waals surface area contributed by atoms with E-state index in [4.69, 9.17) is 10.5 Å². The molecule has 2 rings (SSSR count). The van der Waals surface area contributed by atoms with E-state index in [1.54, 1.807) is 0 Å². The number of anilines is 2. The lowest BCUT2D eigenvalue weighted by molar-refractivity contribution is 0.337. The van der Waals surface area contributed by atoms with E-state index in [0.717, 1.165) is 17.4 Å². The van der Waals surface area contributed by atoms with Gasteiger partial charge in [-0.05, 0) is 50.7 Å². The second-order valence-electron chi connectivity index (χ2n) is 5.68. The van der Waals surface area contributed by atoms with Crippen molar-refractivity contribution in [3.63, 3.8) is 0 Å². The van der Waals surface area contributed by atoms with Crippen LogP contribution in [0.3, 0.4) is 0 Å². The highest BCUT2D eigenvalue weighted by molar-refractivity contribution is 5.62.